The van der Waals surface area contributed by atoms with Gasteiger partial charge in [0.2, 0.25) is 0 Å². The Hall–Kier alpha value is -6.17. The minimum absolute atomic E-state index is 0.735. The molecule has 0 radical (unpaired) electrons. The second kappa shape index (κ2) is 11.7. The van der Waals surface area contributed by atoms with Gasteiger partial charge in [-0.25, -0.2) is 0 Å². The van der Waals surface area contributed by atoms with Crippen molar-refractivity contribution in [3.8, 4) is 6.07 Å². The molecule has 0 atom stereocenters. The number of benzene rings is 8. The van der Waals surface area contributed by atoms with Gasteiger partial charge in [-0.1, -0.05) is 140 Å². The molecule has 0 unspecified atom stereocenters. The minimum atomic E-state index is 0.735. The van der Waals surface area contributed by atoms with Crippen LogP contribution < -0.4 is 4.90 Å². The number of nitrogens with zero attached hydrogens (tertiary/aromatic N) is 2. The maximum atomic E-state index is 9.90. The van der Waals surface area contributed by atoms with Crippen LogP contribution in [0.1, 0.15) is 22.3 Å². The first kappa shape index (κ1) is 27.4. The molecule has 0 bridgehead atoms. The molecule has 0 aliphatic rings. The number of hydrogen-bond donors (Lipinski definition) is 0. The standard InChI is InChI=1S/C44H30N2/c45-29-43-40-16-5-3-11-35(40)28-37-27-32(23-26-41(37)43)20-19-31-21-24-38(25-22-31)46(44-18-8-13-34-10-2-6-17-42(34)44)30-36-14-7-12-33-9-1-4-15-39(33)36/h1-28H,30H2. The highest BCUT2D eigenvalue weighted by Crippen LogP contribution is 2.35. The van der Waals surface area contributed by atoms with Crippen LogP contribution in [0.3, 0.4) is 0 Å². The quantitative estimate of drug-likeness (QED) is 0.143. The normalized spacial score (nSPS) is 11.5. The van der Waals surface area contributed by atoms with Crippen molar-refractivity contribution in [2.75, 3.05) is 4.90 Å². The zero-order chi connectivity index (χ0) is 30.9. The fraction of sp³-hybridized carbons (Fsp3) is 0.0227. The van der Waals surface area contributed by atoms with Crippen LogP contribution in [0.5, 0.6) is 0 Å². The lowest BCUT2D eigenvalue weighted by atomic mass is 9.96. The Bertz CT molecular complexity index is 2450. The summed E-state index contributed by atoms with van der Waals surface area (Å²) >= 11 is 0. The van der Waals surface area contributed by atoms with E-state index in [1.807, 2.05) is 18.2 Å². The van der Waals surface area contributed by atoms with E-state index in [2.05, 4.69) is 163 Å². The van der Waals surface area contributed by atoms with Gasteiger partial charge in [-0.15, -0.1) is 0 Å². The molecule has 0 heterocycles. The van der Waals surface area contributed by atoms with Crippen molar-refractivity contribution in [3.05, 3.63) is 180 Å². The third kappa shape index (κ3) is 5.05. The van der Waals surface area contributed by atoms with Crippen molar-refractivity contribution >= 4 is 66.6 Å². The van der Waals surface area contributed by atoms with E-state index in [0.717, 1.165) is 50.5 Å². The lowest BCUT2D eigenvalue weighted by Gasteiger charge is -2.27. The lowest BCUT2D eigenvalue weighted by Crippen LogP contribution is -2.17. The number of nitriles is 1. The van der Waals surface area contributed by atoms with Crippen molar-refractivity contribution in [1.29, 1.82) is 5.26 Å². The molecule has 8 rings (SSSR count). The van der Waals surface area contributed by atoms with Crippen LogP contribution in [0.2, 0.25) is 0 Å². The molecule has 2 nitrogen and oxygen atoms in total. The molecular weight excluding hydrogens is 556 g/mol. The molecule has 46 heavy (non-hydrogen) atoms. The van der Waals surface area contributed by atoms with E-state index < -0.39 is 0 Å². The largest absolute Gasteiger partial charge is 0.336 e. The smallest absolute Gasteiger partial charge is 0.100 e. The van der Waals surface area contributed by atoms with Gasteiger partial charge in [0.1, 0.15) is 6.07 Å². The summed E-state index contributed by atoms with van der Waals surface area (Å²) in [5.41, 5.74) is 6.59. The highest BCUT2D eigenvalue weighted by molar-refractivity contribution is 6.05. The van der Waals surface area contributed by atoms with E-state index in [1.54, 1.807) is 0 Å². The van der Waals surface area contributed by atoms with Crippen LogP contribution >= 0.6 is 0 Å². The molecule has 2 heteroatoms. The summed E-state index contributed by atoms with van der Waals surface area (Å²) in [6, 6.07) is 58.2. The fourth-order valence-corrected chi connectivity index (χ4v) is 6.63. The van der Waals surface area contributed by atoms with Gasteiger partial charge in [-0.3, -0.25) is 0 Å². The minimum Gasteiger partial charge on any atom is -0.336 e. The second-order valence-electron chi connectivity index (χ2n) is 11.7. The van der Waals surface area contributed by atoms with Gasteiger partial charge in [0.05, 0.1) is 5.56 Å². The summed E-state index contributed by atoms with van der Waals surface area (Å²) in [4.78, 5) is 2.43. The number of anilines is 2. The maximum absolute atomic E-state index is 9.90. The van der Waals surface area contributed by atoms with Gasteiger partial charge in [0, 0.05) is 34.1 Å². The number of rotatable bonds is 6. The van der Waals surface area contributed by atoms with Crippen molar-refractivity contribution in [2.24, 2.45) is 0 Å². The average Bonchev–Trinajstić information content (AvgIpc) is 3.12. The Labute approximate surface area is 268 Å². The van der Waals surface area contributed by atoms with E-state index in [1.165, 1.54) is 32.8 Å². The van der Waals surface area contributed by atoms with Crippen LogP contribution in [0.25, 0.3) is 55.2 Å². The van der Waals surface area contributed by atoms with Gasteiger partial charge in [-0.05, 0) is 74.0 Å². The van der Waals surface area contributed by atoms with Gasteiger partial charge in [0.15, 0.2) is 0 Å². The van der Waals surface area contributed by atoms with Gasteiger partial charge < -0.3 is 4.90 Å². The molecule has 0 fully saturated rings. The highest BCUT2D eigenvalue weighted by Gasteiger charge is 2.15. The van der Waals surface area contributed by atoms with Crippen molar-refractivity contribution < 1.29 is 0 Å². The highest BCUT2D eigenvalue weighted by atomic mass is 15.1. The fourth-order valence-electron chi connectivity index (χ4n) is 6.63. The average molecular weight is 587 g/mol. The molecule has 8 aromatic rings. The molecule has 0 amide bonds. The molecule has 0 saturated heterocycles. The van der Waals surface area contributed by atoms with E-state index in [9.17, 15) is 5.26 Å². The Morgan fingerprint density at radius 2 is 1.07 bits per heavy atom. The summed E-state index contributed by atoms with van der Waals surface area (Å²) in [5.74, 6) is 0. The van der Waals surface area contributed by atoms with Crippen molar-refractivity contribution in [1.82, 2.24) is 0 Å². The summed E-state index contributed by atoms with van der Waals surface area (Å²) in [6.45, 7) is 0.751. The summed E-state index contributed by atoms with van der Waals surface area (Å²) in [6.07, 6.45) is 4.30. The Kier molecular flexibility index (Phi) is 6.98. The number of hydrogen-bond acceptors (Lipinski definition) is 2. The van der Waals surface area contributed by atoms with Crippen LogP contribution in [0, 0.1) is 11.3 Å². The summed E-state index contributed by atoms with van der Waals surface area (Å²) in [5, 5.41) is 19.0. The van der Waals surface area contributed by atoms with Crippen LogP contribution in [0.15, 0.2) is 158 Å². The Morgan fingerprint density at radius 1 is 0.478 bits per heavy atom. The van der Waals surface area contributed by atoms with Gasteiger partial charge in [-0.2, -0.15) is 5.26 Å². The Morgan fingerprint density at radius 3 is 1.85 bits per heavy atom. The van der Waals surface area contributed by atoms with E-state index >= 15 is 0 Å². The van der Waals surface area contributed by atoms with Crippen molar-refractivity contribution in [3.63, 3.8) is 0 Å². The van der Waals surface area contributed by atoms with Crippen LogP contribution in [-0.4, -0.2) is 0 Å². The third-order valence-corrected chi connectivity index (χ3v) is 8.94. The first-order valence-electron chi connectivity index (χ1n) is 15.6. The molecule has 0 aromatic heterocycles. The maximum Gasteiger partial charge on any atom is 0.100 e. The molecule has 0 N–H and O–H groups in total. The van der Waals surface area contributed by atoms with Gasteiger partial charge >= 0.3 is 0 Å². The first-order valence-corrected chi connectivity index (χ1v) is 15.6. The lowest BCUT2D eigenvalue weighted by molar-refractivity contribution is 0.990. The van der Waals surface area contributed by atoms with E-state index in [4.69, 9.17) is 0 Å². The Balaban J connectivity index is 1.14. The topological polar surface area (TPSA) is 27.0 Å². The molecule has 0 aliphatic heterocycles. The predicted molar refractivity (Wildman–Crippen MR) is 195 cm³/mol. The molecule has 0 spiro atoms. The zero-order valence-corrected chi connectivity index (χ0v) is 25.3. The SMILES string of the molecule is N#Cc1c2ccccc2cc2cc(C=Cc3ccc(N(Cc4cccc5ccccc45)c4cccc5ccccc45)cc3)ccc12. The zero-order valence-electron chi connectivity index (χ0n) is 25.3. The van der Waals surface area contributed by atoms with Crippen LogP contribution in [0.4, 0.5) is 11.4 Å². The first-order chi connectivity index (χ1) is 22.7. The van der Waals surface area contributed by atoms with Crippen molar-refractivity contribution in [2.45, 2.75) is 6.54 Å². The van der Waals surface area contributed by atoms with Crippen LogP contribution in [-0.2, 0) is 6.54 Å². The van der Waals surface area contributed by atoms with Gasteiger partial charge in [0.25, 0.3) is 0 Å². The molecule has 216 valence electrons. The molecule has 0 aliphatic carbocycles. The molecule has 0 saturated carbocycles. The monoisotopic (exact) mass is 586 g/mol. The summed E-state index contributed by atoms with van der Waals surface area (Å²) in [7, 11) is 0. The second-order valence-corrected chi connectivity index (χ2v) is 11.7. The molecule has 8 aromatic carbocycles. The van der Waals surface area contributed by atoms with E-state index in [-0.39, 0.29) is 0 Å². The number of fused-ring (bicyclic) bond motifs is 4. The summed E-state index contributed by atoms with van der Waals surface area (Å²) < 4.78 is 0. The third-order valence-electron chi connectivity index (χ3n) is 8.94. The molecular formula is C44H30N2. The predicted octanol–water partition coefficient (Wildman–Crippen LogP) is 11.7. The van der Waals surface area contributed by atoms with E-state index in [0.29, 0.717) is 0 Å².